The van der Waals surface area contributed by atoms with Crippen LogP contribution in [0.4, 0.5) is 0 Å². The molecule has 0 spiro atoms. The molecule has 0 bridgehead atoms. The smallest absolute Gasteiger partial charge is 0.106 e. The average molecular weight is 228 g/mol. The Morgan fingerprint density at radius 3 is 3.00 bits per heavy atom. The summed E-state index contributed by atoms with van der Waals surface area (Å²) in [6.45, 7) is 1.86. The number of carboxylic acid groups (broad SMARTS) is 1. The average Bonchev–Trinajstić information content (AvgIpc) is 2.15. The van der Waals surface area contributed by atoms with Crippen LogP contribution in [0.15, 0.2) is 29.4 Å². The van der Waals surface area contributed by atoms with E-state index in [1.807, 2.05) is 25.1 Å². The van der Waals surface area contributed by atoms with Gasteiger partial charge in [0, 0.05) is 17.4 Å². The summed E-state index contributed by atoms with van der Waals surface area (Å²) in [6, 6.07) is 5.64. The lowest BCUT2D eigenvalue weighted by molar-refractivity contribution is -0.305. The molecule has 0 saturated carbocycles. The highest BCUT2D eigenvalue weighted by atomic mass is 33.1. The van der Waals surface area contributed by atoms with E-state index in [4.69, 9.17) is 0 Å². The second-order valence-corrected chi connectivity index (χ2v) is 5.39. The van der Waals surface area contributed by atoms with Gasteiger partial charge in [-0.3, -0.25) is 0 Å². The lowest BCUT2D eigenvalue weighted by Crippen LogP contribution is -2.24. The monoisotopic (exact) mass is 228 g/mol. The molecule has 1 rings (SSSR count). The summed E-state index contributed by atoms with van der Waals surface area (Å²) in [5.41, 5.74) is 0. The minimum atomic E-state index is -1.01. The molecule has 1 heterocycles. The molecule has 0 aliphatic carbocycles. The quantitative estimate of drug-likeness (QED) is 0.712. The molecule has 1 unspecified atom stereocenters. The minimum Gasteiger partial charge on any atom is -0.550 e. The van der Waals surface area contributed by atoms with Crippen LogP contribution >= 0.6 is 21.6 Å². The Kier molecular flexibility index (Phi) is 4.82. The van der Waals surface area contributed by atoms with Gasteiger partial charge in [-0.25, -0.2) is 4.98 Å². The number of aliphatic carboxylic acids is 1. The maximum atomic E-state index is 10.3. The predicted octanol–water partition coefficient (Wildman–Crippen LogP) is 1.35. The van der Waals surface area contributed by atoms with Gasteiger partial charge in [0.25, 0.3) is 0 Å². The maximum absolute atomic E-state index is 10.3. The minimum absolute atomic E-state index is 0.0343. The molecule has 0 N–H and O–H groups in total. The predicted molar refractivity (Wildman–Crippen MR) is 56.8 cm³/mol. The van der Waals surface area contributed by atoms with Gasteiger partial charge in [0.15, 0.2) is 0 Å². The first-order chi connectivity index (χ1) is 6.68. The first-order valence-corrected chi connectivity index (χ1v) is 6.34. The van der Waals surface area contributed by atoms with Crippen LogP contribution < -0.4 is 5.11 Å². The number of pyridine rings is 1. The van der Waals surface area contributed by atoms with E-state index in [2.05, 4.69) is 4.98 Å². The second-order valence-electron chi connectivity index (χ2n) is 2.73. The second kappa shape index (κ2) is 5.93. The number of hydrogen-bond donors (Lipinski definition) is 0. The molecule has 0 amide bonds. The van der Waals surface area contributed by atoms with E-state index in [1.54, 1.807) is 6.20 Å². The summed E-state index contributed by atoms with van der Waals surface area (Å²) in [7, 11) is 2.98. The maximum Gasteiger partial charge on any atom is 0.106 e. The van der Waals surface area contributed by atoms with E-state index < -0.39 is 5.97 Å². The van der Waals surface area contributed by atoms with Crippen molar-refractivity contribution in [3.63, 3.8) is 0 Å². The molecule has 76 valence electrons. The Morgan fingerprint density at radius 2 is 2.43 bits per heavy atom. The molecule has 1 aromatic heterocycles. The molecule has 0 aromatic carbocycles. The van der Waals surface area contributed by atoms with Crippen LogP contribution in [0.25, 0.3) is 0 Å². The van der Waals surface area contributed by atoms with E-state index in [9.17, 15) is 9.90 Å². The standard InChI is InChI=1S/C9H11NO2S2/c1-7(6-9(11)12)13-14-8-4-2-3-5-10-8/h2-5,7H,6H2,1H3,(H,11,12)/p-1. The van der Waals surface area contributed by atoms with E-state index in [0.717, 1.165) is 5.03 Å². The number of carbonyl (C=O) groups excluding carboxylic acids is 1. The van der Waals surface area contributed by atoms with Crippen LogP contribution in [0, 0.1) is 0 Å². The normalized spacial score (nSPS) is 12.4. The van der Waals surface area contributed by atoms with Crippen molar-refractivity contribution < 1.29 is 9.90 Å². The summed E-state index contributed by atoms with van der Waals surface area (Å²) in [5, 5.41) is 11.2. The molecule has 0 aliphatic rings. The summed E-state index contributed by atoms with van der Waals surface area (Å²) < 4.78 is 0. The SMILES string of the molecule is CC(CC(=O)[O-])SSc1ccccn1. The van der Waals surface area contributed by atoms with E-state index in [0.29, 0.717) is 0 Å². The number of nitrogens with zero attached hydrogens (tertiary/aromatic N) is 1. The van der Waals surface area contributed by atoms with Crippen molar-refractivity contribution in [2.24, 2.45) is 0 Å². The highest BCUT2D eigenvalue weighted by molar-refractivity contribution is 8.76. The van der Waals surface area contributed by atoms with Crippen molar-refractivity contribution in [3.8, 4) is 0 Å². The van der Waals surface area contributed by atoms with Gasteiger partial charge in [-0.15, -0.1) is 0 Å². The number of rotatable bonds is 5. The van der Waals surface area contributed by atoms with Crippen molar-refractivity contribution in [1.82, 2.24) is 4.98 Å². The highest BCUT2D eigenvalue weighted by Gasteiger charge is 2.04. The van der Waals surface area contributed by atoms with Crippen LogP contribution in [0.3, 0.4) is 0 Å². The number of hydrogen-bond acceptors (Lipinski definition) is 5. The first kappa shape index (κ1) is 11.4. The van der Waals surface area contributed by atoms with Crippen LogP contribution in [0.1, 0.15) is 13.3 Å². The van der Waals surface area contributed by atoms with E-state index in [1.165, 1.54) is 21.6 Å². The fourth-order valence-corrected chi connectivity index (χ4v) is 2.79. The highest BCUT2D eigenvalue weighted by Crippen LogP contribution is 2.33. The number of carbonyl (C=O) groups is 1. The van der Waals surface area contributed by atoms with Gasteiger partial charge >= 0.3 is 0 Å². The molecule has 0 fully saturated rings. The molecular formula is C9H10NO2S2-. The van der Waals surface area contributed by atoms with E-state index in [-0.39, 0.29) is 11.7 Å². The van der Waals surface area contributed by atoms with Crippen LogP contribution in [-0.2, 0) is 4.79 Å². The zero-order valence-electron chi connectivity index (χ0n) is 7.67. The summed E-state index contributed by atoms with van der Waals surface area (Å²) >= 11 is 0. The van der Waals surface area contributed by atoms with Gasteiger partial charge in [0.2, 0.25) is 0 Å². The van der Waals surface area contributed by atoms with Gasteiger partial charge in [-0.2, -0.15) is 0 Å². The molecular weight excluding hydrogens is 218 g/mol. The third-order valence-corrected chi connectivity index (χ3v) is 4.18. The van der Waals surface area contributed by atoms with Gasteiger partial charge < -0.3 is 9.90 Å². The summed E-state index contributed by atoms with van der Waals surface area (Å²) in [6.07, 6.45) is 1.79. The molecule has 3 nitrogen and oxygen atoms in total. The molecule has 14 heavy (non-hydrogen) atoms. The zero-order valence-corrected chi connectivity index (χ0v) is 9.31. The van der Waals surface area contributed by atoms with Gasteiger partial charge in [0.1, 0.15) is 5.03 Å². The molecule has 1 atom stereocenters. The summed E-state index contributed by atoms with van der Waals surface area (Å²) in [5.74, 6) is -1.01. The van der Waals surface area contributed by atoms with Crippen molar-refractivity contribution in [2.75, 3.05) is 0 Å². The zero-order chi connectivity index (χ0) is 10.4. The lowest BCUT2D eigenvalue weighted by atomic mass is 10.3. The van der Waals surface area contributed by atoms with E-state index >= 15 is 0 Å². The molecule has 5 heteroatoms. The van der Waals surface area contributed by atoms with Crippen LogP contribution in [-0.4, -0.2) is 16.2 Å². The topological polar surface area (TPSA) is 53.0 Å². The molecule has 0 aliphatic heterocycles. The largest absolute Gasteiger partial charge is 0.550 e. The van der Waals surface area contributed by atoms with Crippen LogP contribution in [0.2, 0.25) is 0 Å². The first-order valence-electron chi connectivity index (χ1n) is 4.12. The van der Waals surface area contributed by atoms with Gasteiger partial charge in [0.05, 0.1) is 0 Å². The van der Waals surface area contributed by atoms with Crippen molar-refractivity contribution in [1.29, 1.82) is 0 Å². The van der Waals surface area contributed by atoms with Crippen molar-refractivity contribution in [2.45, 2.75) is 23.6 Å². The molecule has 0 saturated heterocycles. The lowest BCUT2D eigenvalue weighted by Gasteiger charge is -2.09. The van der Waals surface area contributed by atoms with Gasteiger partial charge in [-0.05, 0) is 29.3 Å². The third-order valence-electron chi connectivity index (χ3n) is 1.39. The Morgan fingerprint density at radius 1 is 1.64 bits per heavy atom. The Balaban J connectivity index is 2.30. The van der Waals surface area contributed by atoms with Crippen molar-refractivity contribution in [3.05, 3.63) is 24.4 Å². The van der Waals surface area contributed by atoms with Crippen LogP contribution in [0.5, 0.6) is 0 Å². The Hall–Kier alpha value is -0.680. The number of carboxylic acids is 1. The molecule has 1 aromatic rings. The Labute approximate surface area is 90.7 Å². The fraction of sp³-hybridized carbons (Fsp3) is 0.333. The molecule has 0 radical (unpaired) electrons. The third kappa shape index (κ3) is 4.53. The number of aromatic nitrogens is 1. The summed E-state index contributed by atoms with van der Waals surface area (Å²) in [4.78, 5) is 14.4. The fourth-order valence-electron chi connectivity index (χ4n) is 0.797. The van der Waals surface area contributed by atoms with Gasteiger partial charge in [-0.1, -0.05) is 23.8 Å². The van der Waals surface area contributed by atoms with Crippen molar-refractivity contribution >= 4 is 27.6 Å². The Bertz CT molecular complexity index is 292.